The van der Waals surface area contributed by atoms with Gasteiger partial charge in [0.1, 0.15) is 12.4 Å². The predicted molar refractivity (Wildman–Crippen MR) is 104 cm³/mol. The minimum Gasteiger partial charge on any atom is -0.353 e. The average Bonchev–Trinajstić information content (AvgIpc) is 2.98. The quantitative estimate of drug-likeness (QED) is 0.554. The largest absolute Gasteiger partial charge is 0.353 e. The summed E-state index contributed by atoms with van der Waals surface area (Å²) in [5.74, 6) is 0.894. The average molecular weight is 356 g/mol. The number of hydrogen-bond acceptors (Lipinski definition) is 3. The number of nitrogens with one attached hydrogen (secondary N) is 1. The van der Waals surface area contributed by atoms with E-state index in [4.69, 9.17) is 4.98 Å². The zero-order valence-corrected chi connectivity index (χ0v) is 15.9. The number of allylic oxidation sites excluding steroid dienone is 1. The van der Waals surface area contributed by atoms with Crippen molar-refractivity contribution in [2.45, 2.75) is 40.2 Å². The summed E-state index contributed by atoms with van der Waals surface area (Å²) in [6.07, 6.45) is 4.70. The molecule has 0 atom stereocenters. The van der Waals surface area contributed by atoms with Gasteiger partial charge in [0.15, 0.2) is 0 Å². The van der Waals surface area contributed by atoms with Crippen molar-refractivity contribution < 1.29 is 9.59 Å². The normalized spacial score (nSPS) is 11.2. The van der Waals surface area contributed by atoms with Gasteiger partial charge >= 0.3 is 0 Å². The van der Waals surface area contributed by atoms with Gasteiger partial charge < -0.3 is 14.8 Å². The number of amides is 2. The van der Waals surface area contributed by atoms with Crippen molar-refractivity contribution in [2.24, 2.45) is 0 Å². The maximum Gasteiger partial charge on any atom is 0.243 e. The third-order valence-electron chi connectivity index (χ3n) is 4.34. The molecule has 0 aliphatic heterocycles. The first-order valence-corrected chi connectivity index (χ1v) is 9.23. The Morgan fingerprint density at radius 3 is 2.65 bits per heavy atom. The molecule has 0 aliphatic rings. The molecule has 2 rings (SSSR count). The number of hydrogen-bond donors (Lipinski definition) is 1. The van der Waals surface area contributed by atoms with Gasteiger partial charge in [0, 0.05) is 26.1 Å². The summed E-state index contributed by atoms with van der Waals surface area (Å²) >= 11 is 0. The molecule has 0 saturated carbocycles. The smallest absolute Gasteiger partial charge is 0.243 e. The van der Waals surface area contributed by atoms with Gasteiger partial charge in [-0.05, 0) is 45.4 Å². The SMILES string of the molecule is C/C=C\C(=O)NCCCc1nc2ccccc2n1CC(=O)N(CC)CC. The van der Waals surface area contributed by atoms with E-state index in [1.807, 2.05) is 54.5 Å². The minimum atomic E-state index is -0.0854. The highest BCUT2D eigenvalue weighted by molar-refractivity contribution is 5.87. The summed E-state index contributed by atoms with van der Waals surface area (Å²) in [7, 11) is 0. The number of para-hydroxylation sites is 2. The molecule has 0 spiro atoms. The first-order chi connectivity index (χ1) is 12.6. The summed E-state index contributed by atoms with van der Waals surface area (Å²) < 4.78 is 2.00. The number of likely N-dealkylation sites (N-methyl/N-ethyl adjacent to an activating group) is 1. The Balaban J connectivity index is 2.12. The molecular formula is C20H28N4O2. The molecule has 0 aliphatic carbocycles. The highest BCUT2D eigenvalue weighted by Gasteiger charge is 2.16. The van der Waals surface area contributed by atoms with Crippen molar-refractivity contribution >= 4 is 22.8 Å². The van der Waals surface area contributed by atoms with Crippen molar-refractivity contribution in [3.63, 3.8) is 0 Å². The van der Waals surface area contributed by atoms with E-state index in [1.54, 1.807) is 6.08 Å². The van der Waals surface area contributed by atoms with Crippen molar-refractivity contribution in [1.82, 2.24) is 19.8 Å². The molecule has 1 aromatic heterocycles. The fourth-order valence-electron chi connectivity index (χ4n) is 2.97. The summed E-state index contributed by atoms with van der Waals surface area (Å²) in [6, 6.07) is 7.87. The Morgan fingerprint density at radius 2 is 1.96 bits per heavy atom. The molecule has 0 radical (unpaired) electrons. The standard InChI is InChI=1S/C20H28N4O2/c1-4-10-19(25)21-14-9-13-18-22-16-11-7-8-12-17(16)24(18)15-20(26)23(5-2)6-3/h4,7-8,10-12H,5-6,9,13-15H2,1-3H3,(H,21,25)/b10-4-. The number of nitrogens with zero attached hydrogens (tertiary/aromatic N) is 3. The molecule has 1 aromatic carbocycles. The van der Waals surface area contributed by atoms with Crippen LogP contribution in [0.4, 0.5) is 0 Å². The monoisotopic (exact) mass is 356 g/mol. The van der Waals surface area contributed by atoms with Crippen LogP contribution in [0.1, 0.15) is 33.0 Å². The molecule has 140 valence electrons. The Bertz CT molecular complexity index is 775. The van der Waals surface area contributed by atoms with Crippen LogP contribution in [-0.4, -0.2) is 45.9 Å². The van der Waals surface area contributed by atoms with Crippen molar-refractivity contribution in [1.29, 1.82) is 0 Å². The molecule has 0 bridgehead atoms. The number of carbonyl (C=O) groups is 2. The fourth-order valence-corrected chi connectivity index (χ4v) is 2.97. The van der Waals surface area contributed by atoms with Gasteiger partial charge in [-0.25, -0.2) is 4.98 Å². The topological polar surface area (TPSA) is 67.2 Å². The van der Waals surface area contributed by atoms with E-state index in [0.29, 0.717) is 32.6 Å². The van der Waals surface area contributed by atoms with Crippen LogP contribution in [0.3, 0.4) is 0 Å². The zero-order valence-electron chi connectivity index (χ0n) is 15.9. The van der Waals surface area contributed by atoms with E-state index in [9.17, 15) is 9.59 Å². The van der Waals surface area contributed by atoms with Crippen molar-refractivity contribution in [3.05, 3.63) is 42.2 Å². The Kier molecular flexibility index (Phi) is 7.38. The molecule has 0 fully saturated rings. The zero-order chi connectivity index (χ0) is 18.9. The van der Waals surface area contributed by atoms with E-state index in [2.05, 4.69) is 5.32 Å². The maximum absolute atomic E-state index is 12.6. The molecule has 1 N–H and O–H groups in total. The van der Waals surface area contributed by atoms with E-state index >= 15 is 0 Å². The minimum absolute atomic E-state index is 0.0854. The van der Waals surface area contributed by atoms with Gasteiger partial charge in [0.05, 0.1) is 11.0 Å². The van der Waals surface area contributed by atoms with E-state index < -0.39 is 0 Å². The van der Waals surface area contributed by atoms with Crippen molar-refractivity contribution in [3.8, 4) is 0 Å². The molecule has 2 aromatic rings. The van der Waals surface area contributed by atoms with Crippen molar-refractivity contribution in [2.75, 3.05) is 19.6 Å². The first kappa shape index (κ1) is 19.7. The number of aryl methyl sites for hydroxylation is 1. The second-order valence-electron chi connectivity index (χ2n) is 6.06. The van der Waals surface area contributed by atoms with Gasteiger partial charge in [0.25, 0.3) is 0 Å². The van der Waals surface area contributed by atoms with Crippen LogP contribution in [-0.2, 0) is 22.6 Å². The lowest BCUT2D eigenvalue weighted by Crippen LogP contribution is -2.33. The van der Waals surface area contributed by atoms with Crippen LogP contribution in [0.2, 0.25) is 0 Å². The molecular weight excluding hydrogens is 328 g/mol. The van der Waals surface area contributed by atoms with Crippen LogP contribution in [0.15, 0.2) is 36.4 Å². The van der Waals surface area contributed by atoms with Crippen LogP contribution in [0, 0.1) is 0 Å². The molecule has 0 unspecified atom stereocenters. The van der Waals surface area contributed by atoms with Gasteiger partial charge in [-0.15, -0.1) is 0 Å². The maximum atomic E-state index is 12.6. The Hall–Kier alpha value is -2.63. The third-order valence-corrected chi connectivity index (χ3v) is 4.34. The number of carbonyl (C=O) groups excluding carboxylic acids is 2. The van der Waals surface area contributed by atoms with Gasteiger partial charge in [-0.1, -0.05) is 18.2 Å². The second-order valence-corrected chi connectivity index (χ2v) is 6.06. The first-order valence-electron chi connectivity index (χ1n) is 9.23. The van der Waals surface area contributed by atoms with E-state index in [-0.39, 0.29) is 11.8 Å². The van der Waals surface area contributed by atoms with Crippen LogP contribution < -0.4 is 5.32 Å². The molecule has 1 heterocycles. The highest BCUT2D eigenvalue weighted by atomic mass is 16.2. The van der Waals surface area contributed by atoms with E-state index in [1.165, 1.54) is 6.08 Å². The molecule has 6 nitrogen and oxygen atoms in total. The predicted octanol–water partition coefficient (Wildman–Crippen LogP) is 2.53. The second kappa shape index (κ2) is 9.75. The summed E-state index contributed by atoms with van der Waals surface area (Å²) in [5.41, 5.74) is 1.87. The number of rotatable bonds is 9. The number of aromatic nitrogens is 2. The lowest BCUT2D eigenvalue weighted by atomic mass is 10.3. The molecule has 0 saturated heterocycles. The number of imidazole rings is 1. The van der Waals surface area contributed by atoms with Crippen LogP contribution in [0.25, 0.3) is 11.0 Å². The van der Waals surface area contributed by atoms with Gasteiger partial charge in [-0.2, -0.15) is 0 Å². The molecule has 2 amide bonds. The van der Waals surface area contributed by atoms with Crippen LogP contribution in [0.5, 0.6) is 0 Å². The van der Waals surface area contributed by atoms with Gasteiger partial charge in [0.2, 0.25) is 11.8 Å². The number of fused-ring (bicyclic) bond motifs is 1. The van der Waals surface area contributed by atoms with Gasteiger partial charge in [-0.3, -0.25) is 9.59 Å². The lowest BCUT2D eigenvalue weighted by Gasteiger charge is -2.20. The van der Waals surface area contributed by atoms with E-state index in [0.717, 1.165) is 23.3 Å². The fraction of sp³-hybridized carbons (Fsp3) is 0.450. The van der Waals surface area contributed by atoms with Crippen LogP contribution >= 0.6 is 0 Å². The lowest BCUT2D eigenvalue weighted by molar-refractivity contribution is -0.131. The molecule has 6 heteroatoms. The Morgan fingerprint density at radius 1 is 1.23 bits per heavy atom. The highest BCUT2D eigenvalue weighted by Crippen LogP contribution is 2.17. The number of benzene rings is 1. The summed E-state index contributed by atoms with van der Waals surface area (Å²) in [4.78, 5) is 30.6. The third kappa shape index (κ3) is 4.94. The molecule has 26 heavy (non-hydrogen) atoms. The summed E-state index contributed by atoms with van der Waals surface area (Å²) in [6.45, 7) is 8.07. The Labute approximate surface area is 154 Å². The summed E-state index contributed by atoms with van der Waals surface area (Å²) in [5, 5.41) is 2.85.